The van der Waals surface area contributed by atoms with Crippen molar-refractivity contribution in [3.63, 3.8) is 0 Å². The van der Waals surface area contributed by atoms with Gasteiger partial charge in [-0.25, -0.2) is 0 Å². The Bertz CT molecular complexity index is 989. The molecule has 0 aliphatic heterocycles. The van der Waals surface area contributed by atoms with Crippen molar-refractivity contribution >= 4 is 45.9 Å². The first kappa shape index (κ1) is 17.2. The Morgan fingerprint density at radius 1 is 0.920 bits per heavy atom. The van der Waals surface area contributed by atoms with Crippen LogP contribution >= 0.6 is 23.2 Å². The zero-order chi connectivity index (χ0) is 18.0. The van der Waals surface area contributed by atoms with Gasteiger partial charge in [0.2, 0.25) is 0 Å². The average Bonchev–Trinajstić information content (AvgIpc) is 2.60. The zero-order valence-corrected chi connectivity index (χ0v) is 14.7. The molecule has 0 aliphatic rings. The first-order valence-corrected chi connectivity index (χ1v) is 8.13. The molecule has 7 heteroatoms. The van der Waals surface area contributed by atoms with Crippen molar-refractivity contribution in [3.8, 4) is 0 Å². The first-order chi connectivity index (χ1) is 12.0. The molecule has 2 amide bonds. The molecule has 0 spiro atoms. The number of benzene rings is 2. The minimum absolute atomic E-state index is 0.172. The van der Waals surface area contributed by atoms with Gasteiger partial charge in [-0.15, -0.1) is 0 Å². The Kier molecular flexibility index (Phi) is 4.88. The molecule has 25 heavy (non-hydrogen) atoms. The van der Waals surface area contributed by atoms with Crippen molar-refractivity contribution in [3.05, 3.63) is 75.4 Å². The van der Waals surface area contributed by atoms with Crippen LogP contribution in [0.25, 0.3) is 10.9 Å². The normalized spacial score (nSPS) is 10.5. The molecule has 126 valence electrons. The number of nitrogens with zero attached hydrogens (tertiary/aromatic N) is 1. The second-order valence-electron chi connectivity index (χ2n) is 5.36. The van der Waals surface area contributed by atoms with E-state index in [1.165, 1.54) is 12.1 Å². The van der Waals surface area contributed by atoms with Gasteiger partial charge in [0.25, 0.3) is 11.8 Å². The van der Waals surface area contributed by atoms with E-state index in [2.05, 4.69) is 15.8 Å². The van der Waals surface area contributed by atoms with E-state index in [0.29, 0.717) is 27.2 Å². The number of hydrogen-bond donors (Lipinski definition) is 2. The van der Waals surface area contributed by atoms with Crippen molar-refractivity contribution in [2.24, 2.45) is 0 Å². The molecule has 0 bridgehead atoms. The average molecular weight is 374 g/mol. The Hall–Kier alpha value is -2.63. The van der Waals surface area contributed by atoms with Crippen LogP contribution in [0.2, 0.25) is 10.0 Å². The molecule has 2 aromatic carbocycles. The van der Waals surface area contributed by atoms with Gasteiger partial charge in [-0.1, -0.05) is 41.4 Å². The van der Waals surface area contributed by atoms with Crippen molar-refractivity contribution < 1.29 is 9.59 Å². The van der Waals surface area contributed by atoms with E-state index >= 15 is 0 Å². The molecular weight excluding hydrogens is 361 g/mol. The van der Waals surface area contributed by atoms with E-state index in [4.69, 9.17) is 23.2 Å². The van der Waals surface area contributed by atoms with Crippen molar-refractivity contribution in [1.29, 1.82) is 0 Å². The molecule has 0 atom stereocenters. The molecule has 0 saturated carbocycles. The third-order valence-corrected chi connectivity index (χ3v) is 4.12. The van der Waals surface area contributed by atoms with Crippen LogP contribution in [0.1, 0.15) is 26.4 Å². The summed E-state index contributed by atoms with van der Waals surface area (Å²) in [6.45, 7) is 1.80. The smallest absolute Gasteiger partial charge is 0.267 e. The number of pyridine rings is 1. The summed E-state index contributed by atoms with van der Waals surface area (Å²) in [5.41, 5.74) is 6.74. The molecule has 1 aromatic heterocycles. The largest absolute Gasteiger partial charge is 0.271 e. The molecule has 3 aromatic rings. The van der Waals surface area contributed by atoms with Gasteiger partial charge >= 0.3 is 0 Å². The maximum absolute atomic E-state index is 12.5. The number of amides is 2. The fourth-order valence-electron chi connectivity index (χ4n) is 2.42. The maximum atomic E-state index is 12.5. The molecule has 2 N–H and O–H groups in total. The molecule has 0 fully saturated rings. The first-order valence-electron chi connectivity index (χ1n) is 7.38. The molecule has 0 aliphatic carbocycles. The molecule has 0 radical (unpaired) electrons. The van der Waals surface area contributed by atoms with Crippen LogP contribution in [-0.4, -0.2) is 16.8 Å². The van der Waals surface area contributed by atoms with Crippen molar-refractivity contribution in [2.75, 3.05) is 0 Å². The number of rotatable bonds is 2. The van der Waals surface area contributed by atoms with Gasteiger partial charge in [-0.05, 0) is 37.3 Å². The molecular formula is C18H13Cl2N3O2. The molecule has 0 unspecified atom stereocenters. The molecule has 5 nitrogen and oxygen atoms in total. The number of hydrazine groups is 1. The number of fused-ring (bicyclic) bond motifs is 1. The van der Waals surface area contributed by atoms with E-state index < -0.39 is 11.8 Å². The number of para-hydroxylation sites is 1. The predicted octanol–water partition coefficient (Wildman–Crippen LogP) is 3.92. The summed E-state index contributed by atoms with van der Waals surface area (Å²) in [7, 11) is 0. The van der Waals surface area contributed by atoms with Crippen molar-refractivity contribution in [1.82, 2.24) is 15.8 Å². The summed E-state index contributed by atoms with van der Waals surface area (Å²) >= 11 is 11.9. The van der Waals surface area contributed by atoms with Gasteiger partial charge in [-0.3, -0.25) is 25.4 Å². The van der Waals surface area contributed by atoms with Crippen molar-refractivity contribution in [2.45, 2.75) is 6.92 Å². The SMILES string of the molecule is Cc1cc(C(=O)NNC(=O)c2cc(Cl)ccc2Cl)c2ccccc2n1. The van der Waals surface area contributed by atoms with Gasteiger partial charge in [0, 0.05) is 16.1 Å². The number of aryl methyl sites for hydroxylation is 1. The van der Waals surface area contributed by atoms with Gasteiger partial charge in [0.1, 0.15) is 0 Å². The summed E-state index contributed by atoms with van der Waals surface area (Å²) in [5, 5.41) is 1.30. The lowest BCUT2D eigenvalue weighted by Crippen LogP contribution is -2.41. The number of hydrogen-bond acceptors (Lipinski definition) is 3. The number of halogens is 2. The summed E-state index contributed by atoms with van der Waals surface area (Å²) in [6.07, 6.45) is 0. The number of carbonyl (C=O) groups is 2. The quantitative estimate of drug-likeness (QED) is 0.668. The van der Waals surface area contributed by atoms with Crippen LogP contribution in [0.4, 0.5) is 0 Å². The Morgan fingerprint density at radius 2 is 1.60 bits per heavy atom. The standard InChI is InChI=1S/C18H13Cl2N3O2/c1-10-8-13(12-4-2-3-5-16(12)21-10)17(24)22-23-18(25)14-9-11(19)6-7-15(14)20/h2-9H,1H3,(H,22,24)(H,23,25). The van der Waals surface area contributed by atoms with Gasteiger partial charge in [-0.2, -0.15) is 0 Å². The minimum atomic E-state index is -0.559. The summed E-state index contributed by atoms with van der Waals surface area (Å²) < 4.78 is 0. The van der Waals surface area contributed by atoms with E-state index in [1.54, 1.807) is 25.1 Å². The Balaban J connectivity index is 1.81. The number of carbonyl (C=O) groups excluding carboxylic acids is 2. The van der Waals surface area contributed by atoms with Crippen LogP contribution in [0.3, 0.4) is 0 Å². The lowest BCUT2D eigenvalue weighted by Gasteiger charge is -2.11. The third-order valence-electron chi connectivity index (χ3n) is 3.55. The van der Waals surface area contributed by atoms with Gasteiger partial charge in [0.15, 0.2) is 0 Å². The molecule has 0 saturated heterocycles. The highest BCUT2D eigenvalue weighted by atomic mass is 35.5. The predicted molar refractivity (Wildman–Crippen MR) is 97.9 cm³/mol. The van der Waals surface area contributed by atoms with E-state index in [-0.39, 0.29) is 10.6 Å². The topological polar surface area (TPSA) is 71.1 Å². The van der Waals surface area contributed by atoms with E-state index in [9.17, 15) is 9.59 Å². The highest BCUT2D eigenvalue weighted by Crippen LogP contribution is 2.20. The lowest BCUT2D eigenvalue weighted by atomic mass is 10.1. The van der Waals surface area contributed by atoms with E-state index in [0.717, 1.165) is 0 Å². The van der Waals surface area contributed by atoms with Crippen LogP contribution in [0.5, 0.6) is 0 Å². The summed E-state index contributed by atoms with van der Waals surface area (Å²) in [5.74, 6) is -1.01. The van der Waals surface area contributed by atoms with Crippen LogP contribution < -0.4 is 10.9 Å². The number of nitrogens with one attached hydrogen (secondary N) is 2. The molecule has 1 heterocycles. The second kappa shape index (κ2) is 7.09. The maximum Gasteiger partial charge on any atom is 0.271 e. The summed E-state index contributed by atoms with van der Waals surface area (Å²) in [6, 6.07) is 13.5. The van der Waals surface area contributed by atoms with Gasteiger partial charge in [0.05, 0.1) is 21.7 Å². The monoisotopic (exact) mass is 373 g/mol. The summed E-state index contributed by atoms with van der Waals surface area (Å²) in [4.78, 5) is 29.1. The van der Waals surface area contributed by atoms with Crippen LogP contribution in [-0.2, 0) is 0 Å². The Morgan fingerprint density at radius 3 is 2.36 bits per heavy atom. The number of aromatic nitrogens is 1. The zero-order valence-electron chi connectivity index (χ0n) is 13.1. The fourth-order valence-corrected chi connectivity index (χ4v) is 2.79. The van der Waals surface area contributed by atoms with Gasteiger partial charge < -0.3 is 0 Å². The molecule has 3 rings (SSSR count). The van der Waals surface area contributed by atoms with E-state index in [1.807, 2.05) is 18.2 Å². The minimum Gasteiger partial charge on any atom is -0.267 e. The fraction of sp³-hybridized carbons (Fsp3) is 0.0556. The lowest BCUT2D eigenvalue weighted by molar-refractivity contribution is 0.0847. The Labute approximate surface area is 153 Å². The highest BCUT2D eigenvalue weighted by molar-refractivity contribution is 6.35. The van der Waals surface area contributed by atoms with Crippen LogP contribution in [0.15, 0.2) is 48.5 Å². The third kappa shape index (κ3) is 3.73. The second-order valence-corrected chi connectivity index (χ2v) is 6.20. The highest BCUT2D eigenvalue weighted by Gasteiger charge is 2.15. The van der Waals surface area contributed by atoms with Crippen LogP contribution in [0, 0.1) is 6.92 Å².